The first-order valence-corrected chi connectivity index (χ1v) is 8.97. The first kappa shape index (κ1) is 17.7. The second-order valence-corrected chi connectivity index (χ2v) is 7.19. The highest BCUT2D eigenvalue weighted by Gasteiger charge is 2.44. The van der Waals surface area contributed by atoms with Gasteiger partial charge in [-0.15, -0.1) is 0 Å². The summed E-state index contributed by atoms with van der Waals surface area (Å²) in [6.45, 7) is 0. The van der Waals surface area contributed by atoms with Crippen molar-refractivity contribution < 1.29 is 8.78 Å². The van der Waals surface area contributed by atoms with Crippen LogP contribution in [0, 0.1) is 11.8 Å². The van der Waals surface area contributed by atoms with Crippen molar-refractivity contribution in [1.82, 2.24) is 29.5 Å². The summed E-state index contributed by atoms with van der Waals surface area (Å²) < 4.78 is 29.5. The molecule has 1 saturated carbocycles. The number of nitrogens with zero attached hydrogens (tertiary/aromatic N) is 4. The van der Waals surface area contributed by atoms with E-state index in [-0.39, 0.29) is 39.5 Å². The first-order chi connectivity index (χ1) is 13.9. The third-order valence-corrected chi connectivity index (χ3v) is 5.13. The average molecular weight is 417 g/mol. The van der Waals surface area contributed by atoms with E-state index in [1.165, 1.54) is 18.5 Å². The van der Waals surface area contributed by atoms with Crippen LogP contribution in [0.5, 0.6) is 0 Å². The number of pyridine rings is 1. The Labute approximate surface area is 165 Å². The van der Waals surface area contributed by atoms with Gasteiger partial charge in [0.05, 0.1) is 28.2 Å². The molecule has 1 fully saturated rings. The molecular weight excluding hydrogens is 406 g/mol. The van der Waals surface area contributed by atoms with Gasteiger partial charge in [-0.25, -0.2) is 14.2 Å². The third-order valence-electron chi connectivity index (χ3n) is 4.93. The van der Waals surface area contributed by atoms with Gasteiger partial charge in [-0.2, -0.15) is 14.0 Å². The lowest BCUT2D eigenvalue weighted by atomic mass is 10.1. The van der Waals surface area contributed by atoms with Crippen molar-refractivity contribution in [3.8, 4) is 11.3 Å². The van der Waals surface area contributed by atoms with Gasteiger partial charge in [0.25, 0.3) is 5.56 Å². The summed E-state index contributed by atoms with van der Waals surface area (Å²) in [5.74, 6) is -1.65. The largest absolute Gasteiger partial charge is 0.325 e. The van der Waals surface area contributed by atoms with Crippen LogP contribution >= 0.6 is 11.6 Å². The monoisotopic (exact) mass is 416 g/mol. The van der Waals surface area contributed by atoms with Crippen LogP contribution < -0.4 is 11.2 Å². The zero-order valence-electron chi connectivity index (χ0n) is 14.5. The van der Waals surface area contributed by atoms with Gasteiger partial charge in [0.1, 0.15) is 5.82 Å². The fourth-order valence-electron chi connectivity index (χ4n) is 3.51. The van der Waals surface area contributed by atoms with E-state index >= 15 is 0 Å². The highest BCUT2D eigenvalue weighted by molar-refractivity contribution is 6.30. The SMILES string of the molecule is O=c1[nH]cc(-c2cc([C@H]3C[C@@H]3c3ncc(Cl)cc3F)c3ncc(F)n3n2)c(=O)[nH]1. The van der Waals surface area contributed by atoms with Gasteiger partial charge < -0.3 is 4.98 Å². The minimum atomic E-state index is -0.711. The van der Waals surface area contributed by atoms with Crippen LogP contribution in [0.3, 0.4) is 0 Å². The maximum Gasteiger partial charge on any atom is 0.325 e. The molecule has 1 aliphatic rings. The van der Waals surface area contributed by atoms with Crippen LogP contribution in [0.1, 0.15) is 29.5 Å². The second-order valence-electron chi connectivity index (χ2n) is 6.76. The molecule has 0 amide bonds. The van der Waals surface area contributed by atoms with E-state index in [4.69, 9.17) is 11.6 Å². The van der Waals surface area contributed by atoms with Gasteiger partial charge in [-0.3, -0.25) is 14.8 Å². The molecule has 146 valence electrons. The average Bonchev–Trinajstić information content (AvgIpc) is 3.37. The quantitative estimate of drug-likeness (QED) is 0.533. The molecular formula is C18H11ClF2N6O2. The molecule has 2 N–H and O–H groups in total. The van der Waals surface area contributed by atoms with Gasteiger partial charge in [0.15, 0.2) is 5.65 Å². The lowest BCUT2D eigenvalue weighted by Crippen LogP contribution is -2.23. The Bertz CT molecular complexity index is 1400. The summed E-state index contributed by atoms with van der Waals surface area (Å²) in [4.78, 5) is 36.1. The van der Waals surface area contributed by atoms with Crippen molar-refractivity contribution >= 4 is 17.2 Å². The molecule has 4 aromatic rings. The molecule has 0 bridgehead atoms. The lowest BCUT2D eigenvalue weighted by Gasteiger charge is -2.07. The summed E-state index contributed by atoms with van der Waals surface area (Å²) in [5, 5.41) is 4.32. The van der Waals surface area contributed by atoms with E-state index in [2.05, 4.69) is 25.0 Å². The van der Waals surface area contributed by atoms with Crippen molar-refractivity contribution in [3.05, 3.63) is 79.6 Å². The van der Waals surface area contributed by atoms with Crippen LogP contribution in [-0.4, -0.2) is 29.5 Å². The fraction of sp³-hybridized carbons (Fsp3) is 0.167. The van der Waals surface area contributed by atoms with E-state index in [9.17, 15) is 18.4 Å². The zero-order valence-corrected chi connectivity index (χ0v) is 15.2. The number of H-pyrrole nitrogens is 2. The zero-order chi connectivity index (χ0) is 20.3. The number of aromatic amines is 2. The molecule has 11 heteroatoms. The van der Waals surface area contributed by atoms with Gasteiger partial charge in [-0.05, 0) is 24.5 Å². The predicted molar refractivity (Wildman–Crippen MR) is 98.9 cm³/mol. The Balaban J connectivity index is 1.64. The summed E-state index contributed by atoms with van der Waals surface area (Å²) >= 11 is 5.77. The lowest BCUT2D eigenvalue weighted by molar-refractivity contribution is 0.549. The molecule has 0 spiro atoms. The highest BCUT2D eigenvalue weighted by Crippen LogP contribution is 2.55. The van der Waals surface area contributed by atoms with Gasteiger partial charge in [0, 0.05) is 23.9 Å². The van der Waals surface area contributed by atoms with E-state index < -0.39 is 23.0 Å². The molecule has 0 aliphatic heterocycles. The molecule has 0 aromatic carbocycles. The first-order valence-electron chi connectivity index (χ1n) is 8.60. The smallest absolute Gasteiger partial charge is 0.313 e. The number of fused-ring (bicyclic) bond motifs is 1. The Hall–Kier alpha value is -3.40. The number of hydrogen-bond acceptors (Lipinski definition) is 5. The molecule has 2 atom stereocenters. The van der Waals surface area contributed by atoms with Gasteiger partial charge in [-0.1, -0.05) is 11.6 Å². The number of nitrogens with one attached hydrogen (secondary N) is 2. The molecule has 5 rings (SSSR count). The summed E-state index contributed by atoms with van der Waals surface area (Å²) in [7, 11) is 0. The number of hydrogen-bond donors (Lipinski definition) is 2. The number of rotatable bonds is 3. The molecule has 1 aliphatic carbocycles. The number of imidazole rings is 1. The summed E-state index contributed by atoms with van der Waals surface area (Å²) in [6.07, 6.45) is 4.17. The number of aromatic nitrogens is 6. The highest BCUT2D eigenvalue weighted by atomic mass is 35.5. The number of halogens is 3. The molecule has 8 nitrogen and oxygen atoms in total. The molecule has 0 unspecified atom stereocenters. The Morgan fingerprint density at radius 2 is 1.97 bits per heavy atom. The maximum atomic E-state index is 14.3. The van der Waals surface area contributed by atoms with Crippen molar-refractivity contribution in [3.63, 3.8) is 0 Å². The van der Waals surface area contributed by atoms with Gasteiger partial charge in [0.2, 0.25) is 5.95 Å². The second kappa shape index (κ2) is 6.31. The molecule has 29 heavy (non-hydrogen) atoms. The molecule has 0 saturated heterocycles. The molecule has 4 heterocycles. The normalized spacial score (nSPS) is 18.3. The minimum absolute atomic E-state index is 0.0637. The van der Waals surface area contributed by atoms with Crippen molar-refractivity contribution in [2.45, 2.75) is 18.3 Å². The van der Waals surface area contributed by atoms with Crippen LogP contribution in [0.15, 0.2) is 40.3 Å². The molecule has 4 aromatic heterocycles. The Kier molecular flexibility index (Phi) is 3.85. The minimum Gasteiger partial charge on any atom is -0.313 e. The van der Waals surface area contributed by atoms with Gasteiger partial charge >= 0.3 is 5.69 Å². The predicted octanol–water partition coefficient (Wildman–Crippen LogP) is 2.37. The van der Waals surface area contributed by atoms with Crippen LogP contribution in [0.4, 0.5) is 8.78 Å². The van der Waals surface area contributed by atoms with E-state index in [0.717, 1.165) is 10.7 Å². The Morgan fingerprint density at radius 3 is 2.72 bits per heavy atom. The standard InChI is InChI=1S/C18H11ClF2N6O2/c19-7-1-12(20)15(22-4-7)9-2-8(9)10-3-13(11-5-24-18(29)25-17(11)28)26-27-14(21)6-23-16(10)27/h1,3-6,8-9H,2H2,(H2,24,25,28,29)/t8-,9-/m0/s1. The maximum absolute atomic E-state index is 14.3. The summed E-state index contributed by atoms with van der Waals surface area (Å²) in [5.41, 5.74) is 0.0284. The van der Waals surface area contributed by atoms with Crippen molar-refractivity contribution in [1.29, 1.82) is 0 Å². The van der Waals surface area contributed by atoms with Crippen LogP contribution in [-0.2, 0) is 0 Å². The summed E-state index contributed by atoms with van der Waals surface area (Å²) in [6, 6.07) is 2.80. The van der Waals surface area contributed by atoms with Crippen LogP contribution in [0.25, 0.3) is 16.9 Å². The van der Waals surface area contributed by atoms with E-state index in [0.29, 0.717) is 12.0 Å². The van der Waals surface area contributed by atoms with Crippen LogP contribution in [0.2, 0.25) is 5.02 Å². The van der Waals surface area contributed by atoms with E-state index in [1.807, 2.05) is 0 Å². The molecule has 0 radical (unpaired) electrons. The Morgan fingerprint density at radius 1 is 1.14 bits per heavy atom. The van der Waals surface area contributed by atoms with Crippen molar-refractivity contribution in [2.24, 2.45) is 0 Å². The van der Waals surface area contributed by atoms with Crippen molar-refractivity contribution in [2.75, 3.05) is 0 Å². The third kappa shape index (κ3) is 2.92. The van der Waals surface area contributed by atoms with E-state index in [1.54, 1.807) is 6.07 Å². The topological polar surface area (TPSA) is 109 Å². The fourth-order valence-corrected chi connectivity index (χ4v) is 3.65.